The molecule has 0 bridgehead atoms. The van der Waals surface area contributed by atoms with Crippen molar-refractivity contribution >= 4 is 23.4 Å². The van der Waals surface area contributed by atoms with E-state index >= 15 is 0 Å². The molecule has 5 nitrogen and oxygen atoms in total. The molecule has 2 aromatic carbocycles. The van der Waals surface area contributed by atoms with Gasteiger partial charge in [-0.1, -0.05) is 29.8 Å². The van der Waals surface area contributed by atoms with Gasteiger partial charge in [-0.05, 0) is 51.5 Å². The molecule has 2 rings (SSSR count). The van der Waals surface area contributed by atoms with E-state index in [1.54, 1.807) is 20.8 Å². The fourth-order valence-corrected chi connectivity index (χ4v) is 2.23. The first-order chi connectivity index (χ1) is 12.1. The van der Waals surface area contributed by atoms with Crippen LogP contribution in [0.4, 0.5) is 20.6 Å². The Morgan fingerprint density at radius 2 is 1.65 bits per heavy atom. The normalized spacial score (nSPS) is 11.0. The lowest BCUT2D eigenvalue weighted by molar-refractivity contribution is -0.115. The number of ether oxygens (including phenoxy) is 1. The van der Waals surface area contributed by atoms with Gasteiger partial charge in [0, 0.05) is 0 Å². The van der Waals surface area contributed by atoms with Crippen molar-refractivity contribution in [1.29, 1.82) is 0 Å². The highest BCUT2D eigenvalue weighted by Crippen LogP contribution is 2.24. The Bertz CT molecular complexity index is 796. The Morgan fingerprint density at radius 1 is 1.00 bits per heavy atom. The molecule has 0 radical (unpaired) electrons. The van der Waals surface area contributed by atoms with Crippen molar-refractivity contribution in [2.45, 2.75) is 39.7 Å². The number of hydrogen-bond donors (Lipinski definition) is 2. The predicted octanol–water partition coefficient (Wildman–Crippen LogP) is 4.66. The Morgan fingerprint density at radius 3 is 2.27 bits per heavy atom. The highest BCUT2D eigenvalue weighted by atomic mass is 19.1. The second kappa shape index (κ2) is 7.99. The van der Waals surface area contributed by atoms with Crippen molar-refractivity contribution < 1.29 is 18.7 Å². The van der Waals surface area contributed by atoms with Crippen LogP contribution in [0.1, 0.15) is 31.9 Å². The maximum absolute atomic E-state index is 13.6. The average Bonchev–Trinajstić information content (AvgIpc) is 2.50. The van der Waals surface area contributed by atoms with E-state index in [1.807, 2.05) is 31.2 Å². The van der Waals surface area contributed by atoms with Gasteiger partial charge >= 0.3 is 6.09 Å². The summed E-state index contributed by atoms with van der Waals surface area (Å²) in [4.78, 5) is 24.2. The maximum Gasteiger partial charge on any atom is 0.412 e. The third-order valence-corrected chi connectivity index (χ3v) is 3.38. The van der Waals surface area contributed by atoms with Crippen molar-refractivity contribution in [3.8, 4) is 0 Å². The van der Waals surface area contributed by atoms with Gasteiger partial charge in [0.1, 0.15) is 11.4 Å². The summed E-state index contributed by atoms with van der Waals surface area (Å²) >= 11 is 0. The van der Waals surface area contributed by atoms with Crippen molar-refractivity contribution in [3.63, 3.8) is 0 Å². The number of carbonyl (C=O) groups excluding carboxylic acids is 2. The number of carbonyl (C=O) groups is 2. The molecule has 26 heavy (non-hydrogen) atoms. The van der Waals surface area contributed by atoms with E-state index in [1.165, 1.54) is 12.1 Å². The first kappa shape index (κ1) is 19.4. The van der Waals surface area contributed by atoms with E-state index in [2.05, 4.69) is 10.6 Å². The number of hydrogen-bond acceptors (Lipinski definition) is 3. The molecule has 0 saturated heterocycles. The standard InChI is InChI=1S/C20H23FN2O3/c1-13-5-7-14(8-6-13)11-18(24)22-17-12-15(21)9-10-16(17)23-19(25)26-20(2,3)4/h5-10,12H,11H2,1-4H3,(H,22,24)(H,23,25). The Labute approximate surface area is 152 Å². The molecular weight excluding hydrogens is 335 g/mol. The minimum absolute atomic E-state index is 0.142. The quantitative estimate of drug-likeness (QED) is 0.835. The number of nitrogens with one attached hydrogen (secondary N) is 2. The lowest BCUT2D eigenvalue weighted by Gasteiger charge is -2.20. The summed E-state index contributed by atoms with van der Waals surface area (Å²) in [7, 11) is 0. The molecule has 0 aromatic heterocycles. The largest absolute Gasteiger partial charge is 0.444 e. The first-order valence-electron chi connectivity index (χ1n) is 8.27. The van der Waals surface area contributed by atoms with Crippen LogP contribution in [0.15, 0.2) is 42.5 Å². The Kier molecular flexibility index (Phi) is 5.97. The topological polar surface area (TPSA) is 67.4 Å². The maximum atomic E-state index is 13.6. The molecule has 2 aromatic rings. The van der Waals surface area contributed by atoms with Gasteiger partial charge in [-0.3, -0.25) is 10.1 Å². The predicted molar refractivity (Wildman–Crippen MR) is 99.8 cm³/mol. The average molecular weight is 358 g/mol. The fourth-order valence-electron chi connectivity index (χ4n) is 2.23. The molecule has 0 saturated carbocycles. The van der Waals surface area contributed by atoms with E-state index in [0.29, 0.717) is 0 Å². The van der Waals surface area contributed by atoms with Crippen LogP contribution in [0.25, 0.3) is 0 Å². The molecule has 2 N–H and O–H groups in total. The van der Waals surface area contributed by atoms with E-state index < -0.39 is 17.5 Å². The second-order valence-electron chi connectivity index (χ2n) is 7.03. The van der Waals surface area contributed by atoms with Crippen LogP contribution in [0.5, 0.6) is 0 Å². The molecule has 0 spiro atoms. The molecule has 0 aliphatic heterocycles. The van der Waals surface area contributed by atoms with Crippen molar-refractivity contribution in [3.05, 3.63) is 59.4 Å². The minimum Gasteiger partial charge on any atom is -0.444 e. The first-order valence-corrected chi connectivity index (χ1v) is 8.27. The van der Waals surface area contributed by atoms with Gasteiger partial charge in [0.15, 0.2) is 0 Å². The van der Waals surface area contributed by atoms with Gasteiger partial charge in [0.25, 0.3) is 0 Å². The number of halogens is 1. The smallest absolute Gasteiger partial charge is 0.412 e. The minimum atomic E-state index is -0.682. The van der Waals surface area contributed by atoms with Crippen molar-refractivity contribution in [2.75, 3.05) is 10.6 Å². The summed E-state index contributed by atoms with van der Waals surface area (Å²) in [5.74, 6) is -0.836. The summed E-state index contributed by atoms with van der Waals surface area (Å²) in [6.45, 7) is 7.18. The number of amides is 2. The summed E-state index contributed by atoms with van der Waals surface area (Å²) in [6, 6.07) is 11.3. The zero-order chi connectivity index (χ0) is 19.3. The molecule has 0 heterocycles. The van der Waals surface area contributed by atoms with Crippen LogP contribution in [-0.2, 0) is 16.0 Å². The van der Waals surface area contributed by atoms with Gasteiger partial charge < -0.3 is 10.1 Å². The number of anilines is 2. The lowest BCUT2D eigenvalue weighted by atomic mass is 10.1. The molecule has 138 valence electrons. The van der Waals surface area contributed by atoms with Gasteiger partial charge in [-0.2, -0.15) is 0 Å². The fraction of sp³-hybridized carbons (Fsp3) is 0.300. The summed E-state index contributed by atoms with van der Waals surface area (Å²) in [6.07, 6.45) is -0.541. The molecule has 6 heteroatoms. The van der Waals surface area contributed by atoms with Crippen LogP contribution in [0.2, 0.25) is 0 Å². The van der Waals surface area contributed by atoms with Gasteiger partial charge in [-0.25, -0.2) is 9.18 Å². The van der Waals surface area contributed by atoms with E-state index in [0.717, 1.165) is 17.2 Å². The second-order valence-corrected chi connectivity index (χ2v) is 7.03. The monoisotopic (exact) mass is 358 g/mol. The summed E-state index contributed by atoms with van der Waals surface area (Å²) in [5.41, 5.74) is 1.71. The third-order valence-electron chi connectivity index (χ3n) is 3.38. The number of benzene rings is 2. The van der Waals surface area contributed by atoms with Crippen LogP contribution in [0, 0.1) is 12.7 Å². The highest BCUT2D eigenvalue weighted by molar-refractivity contribution is 5.98. The lowest BCUT2D eigenvalue weighted by Crippen LogP contribution is -2.27. The molecule has 0 unspecified atom stereocenters. The SMILES string of the molecule is Cc1ccc(CC(=O)Nc2cc(F)ccc2NC(=O)OC(C)(C)C)cc1. The molecule has 0 aliphatic rings. The van der Waals surface area contributed by atoms with Crippen molar-refractivity contribution in [1.82, 2.24) is 0 Å². The van der Waals surface area contributed by atoms with Crippen LogP contribution < -0.4 is 10.6 Å². The molecule has 2 amide bonds. The third kappa shape index (κ3) is 6.20. The van der Waals surface area contributed by atoms with Crippen LogP contribution in [0.3, 0.4) is 0 Å². The Balaban J connectivity index is 2.10. The zero-order valence-electron chi connectivity index (χ0n) is 15.4. The van der Waals surface area contributed by atoms with E-state index in [9.17, 15) is 14.0 Å². The van der Waals surface area contributed by atoms with E-state index in [-0.39, 0.29) is 23.7 Å². The summed E-state index contributed by atoms with van der Waals surface area (Å²) in [5, 5.41) is 5.16. The van der Waals surface area contributed by atoms with E-state index in [4.69, 9.17) is 4.74 Å². The van der Waals surface area contributed by atoms with Crippen LogP contribution in [-0.4, -0.2) is 17.6 Å². The van der Waals surface area contributed by atoms with Crippen LogP contribution >= 0.6 is 0 Å². The zero-order valence-corrected chi connectivity index (χ0v) is 15.4. The molecule has 0 fully saturated rings. The Hall–Kier alpha value is -2.89. The molecule has 0 aliphatic carbocycles. The number of rotatable bonds is 4. The van der Waals surface area contributed by atoms with Gasteiger partial charge in [0.2, 0.25) is 5.91 Å². The summed E-state index contributed by atoms with van der Waals surface area (Å²) < 4.78 is 18.8. The molecule has 0 atom stereocenters. The molecular formula is C20H23FN2O3. The van der Waals surface area contributed by atoms with Crippen molar-refractivity contribution in [2.24, 2.45) is 0 Å². The van der Waals surface area contributed by atoms with Gasteiger partial charge in [0.05, 0.1) is 17.8 Å². The highest BCUT2D eigenvalue weighted by Gasteiger charge is 2.18. The van der Waals surface area contributed by atoms with Gasteiger partial charge in [-0.15, -0.1) is 0 Å². The number of aryl methyl sites for hydroxylation is 1.